The Morgan fingerprint density at radius 3 is 1.87 bits per heavy atom. The van der Waals surface area contributed by atoms with Crippen molar-refractivity contribution in [2.45, 2.75) is 178 Å². The fourth-order valence-corrected chi connectivity index (χ4v) is 7.38. The fraction of sp³-hybridized carbons (Fsp3) is 0.838. The highest BCUT2D eigenvalue weighted by Gasteiger charge is 2.52. The first-order chi connectivity index (χ1) is 18.4. The van der Waals surface area contributed by atoms with E-state index in [2.05, 4.69) is 62.3 Å². The molecule has 1 aromatic rings. The van der Waals surface area contributed by atoms with Crippen molar-refractivity contribution in [2.75, 3.05) is 0 Å². The minimum absolute atomic E-state index is 0.126. The van der Waals surface area contributed by atoms with Gasteiger partial charge in [0.05, 0.1) is 0 Å². The summed E-state index contributed by atoms with van der Waals surface area (Å²) in [6.45, 7) is 23.0. The number of phenols is 1. The molecular weight excluding hydrogens is 476 g/mol. The SMILES string of the molecule is CCCCCCC1(CC)Cc2c(C)c(O)c(C)c(C)c2O[C@@]1(C)CCC[C@H](C)CCC[C@@H](C)CCCC(C)C. The summed E-state index contributed by atoms with van der Waals surface area (Å²) in [5.74, 6) is 4.04. The number of unbranched alkanes of at least 4 members (excludes halogenated alkanes) is 3. The lowest BCUT2D eigenvalue weighted by atomic mass is 9.60. The number of ether oxygens (including phenoxy) is 1. The molecule has 0 amide bonds. The summed E-state index contributed by atoms with van der Waals surface area (Å²) in [6, 6.07) is 0. The Balaban J connectivity index is 2.08. The molecule has 1 aliphatic rings. The van der Waals surface area contributed by atoms with Gasteiger partial charge in [-0.3, -0.25) is 0 Å². The predicted molar refractivity (Wildman–Crippen MR) is 171 cm³/mol. The lowest BCUT2D eigenvalue weighted by molar-refractivity contribution is -0.0816. The van der Waals surface area contributed by atoms with E-state index in [1.807, 2.05) is 6.92 Å². The van der Waals surface area contributed by atoms with E-state index in [1.165, 1.54) is 89.0 Å². The third kappa shape index (κ3) is 8.90. The van der Waals surface area contributed by atoms with E-state index in [9.17, 15) is 5.11 Å². The van der Waals surface area contributed by atoms with Crippen LogP contribution in [-0.4, -0.2) is 10.7 Å². The highest BCUT2D eigenvalue weighted by atomic mass is 16.5. The van der Waals surface area contributed by atoms with Crippen molar-refractivity contribution in [1.29, 1.82) is 0 Å². The summed E-state index contributed by atoms with van der Waals surface area (Å²) in [5.41, 5.74) is 4.38. The van der Waals surface area contributed by atoms with Gasteiger partial charge in [-0.15, -0.1) is 0 Å². The summed E-state index contributed by atoms with van der Waals surface area (Å²) in [5, 5.41) is 10.9. The first-order valence-corrected chi connectivity index (χ1v) is 16.9. The van der Waals surface area contributed by atoms with Gasteiger partial charge in [-0.2, -0.15) is 0 Å². The number of fused-ring (bicyclic) bond motifs is 1. The van der Waals surface area contributed by atoms with Gasteiger partial charge in [0.25, 0.3) is 0 Å². The van der Waals surface area contributed by atoms with E-state index < -0.39 is 0 Å². The number of rotatable bonds is 18. The zero-order valence-electron chi connectivity index (χ0n) is 27.9. The van der Waals surface area contributed by atoms with E-state index in [-0.39, 0.29) is 11.0 Å². The van der Waals surface area contributed by atoms with Crippen molar-refractivity contribution in [3.05, 3.63) is 22.3 Å². The number of hydrogen-bond acceptors (Lipinski definition) is 2. The number of phenolic OH excluding ortho intramolecular Hbond substituents is 1. The van der Waals surface area contributed by atoms with Crippen LogP contribution in [0.15, 0.2) is 0 Å². The van der Waals surface area contributed by atoms with Gasteiger partial charge in [0.15, 0.2) is 0 Å². The second-order valence-corrected chi connectivity index (χ2v) is 14.3. The van der Waals surface area contributed by atoms with Gasteiger partial charge in [0.2, 0.25) is 0 Å². The van der Waals surface area contributed by atoms with Gasteiger partial charge in [0.1, 0.15) is 17.1 Å². The highest BCUT2D eigenvalue weighted by Crippen LogP contribution is 2.55. The lowest BCUT2D eigenvalue weighted by Crippen LogP contribution is -2.54. The van der Waals surface area contributed by atoms with Crippen molar-refractivity contribution >= 4 is 0 Å². The molecule has 226 valence electrons. The molecule has 39 heavy (non-hydrogen) atoms. The topological polar surface area (TPSA) is 29.5 Å². The van der Waals surface area contributed by atoms with Gasteiger partial charge in [-0.25, -0.2) is 0 Å². The largest absolute Gasteiger partial charge is 0.507 e. The van der Waals surface area contributed by atoms with Crippen LogP contribution in [0.4, 0.5) is 0 Å². The molecule has 1 unspecified atom stereocenters. The van der Waals surface area contributed by atoms with Crippen molar-refractivity contribution in [1.82, 2.24) is 0 Å². The molecule has 0 aromatic heterocycles. The molecule has 1 aromatic carbocycles. The summed E-state index contributed by atoms with van der Waals surface area (Å²) >= 11 is 0. The third-order valence-corrected chi connectivity index (χ3v) is 10.7. The highest BCUT2D eigenvalue weighted by molar-refractivity contribution is 5.59. The van der Waals surface area contributed by atoms with Gasteiger partial charge < -0.3 is 9.84 Å². The van der Waals surface area contributed by atoms with Gasteiger partial charge in [-0.05, 0) is 94.2 Å². The van der Waals surface area contributed by atoms with Crippen molar-refractivity contribution in [3.63, 3.8) is 0 Å². The molecule has 2 rings (SSSR count). The summed E-state index contributed by atoms with van der Waals surface area (Å²) in [4.78, 5) is 0. The Bertz CT molecular complexity index is 871. The molecule has 0 aliphatic carbocycles. The fourth-order valence-electron chi connectivity index (χ4n) is 7.38. The van der Waals surface area contributed by atoms with Crippen molar-refractivity contribution in [2.24, 2.45) is 23.2 Å². The Morgan fingerprint density at radius 1 is 0.718 bits per heavy atom. The third-order valence-electron chi connectivity index (χ3n) is 10.7. The second kappa shape index (κ2) is 15.7. The second-order valence-electron chi connectivity index (χ2n) is 14.3. The van der Waals surface area contributed by atoms with E-state index in [1.54, 1.807) is 0 Å². The molecule has 0 radical (unpaired) electrons. The molecule has 0 fully saturated rings. The standard InChI is InChI=1S/C37H66O2/c1-11-13-14-15-25-37(12-2)26-33-32(9)34(38)30(7)31(8)35(33)39-36(37,10)24-18-23-29(6)22-17-21-28(5)20-16-19-27(3)4/h27-29,38H,11-26H2,1-10H3/t28-,29+,36-,37?/m0/s1. The average molecular weight is 543 g/mol. The van der Waals surface area contributed by atoms with Gasteiger partial charge in [0, 0.05) is 11.0 Å². The smallest absolute Gasteiger partial charge is 0.127 e. The van der Waals surface area contributed by atoms with E-state index in [0.717, 1.165) is 59.5 Å². The molecule has 0 bridgehead atoms. The molecule has 1 aliphatic heterocycles. The molecule has 4 atom stereocenters. The minimum atomic E-state index is -0.160. The molecule has 0 saturated carbocycles. The van der Waals surface area contributed by atoms with Gasteiger partial charge in [-0.1, -0.05) is 112 Å². The Hall–Kier alpha value is -1.18. The predicted octanol–water partition coefficient (Wildman–Crippen LogP) is 11.8. The van der Waals surface area contributed by atoms with Crippen LogP contribution in [0.5, 0.6) is 11.5 Å². The number of benzene rings is 1. The lowest BCUT2D eigenvalue weighted by Gasteiger charge is -2.53. The summed E-state index contributed by atoms with van der Waals surface area (Å²) in [7, 11) is 0. The van der Waals surface area contributed by atoms with Crippen LogP contribution in [-0.2, 0) is 6.42 Å². The van der Waals surface area contributed by atoms with Gasteiger partial charge >= 0.3 is 0 Å². The minimum Gasteiger partial charge on any atom is -0.507 e. The maximum Gasteiger partial charge on any atom is 0.127 e. The number of aromatic hydroxyl groups is 1. The zero-order chi connectivity index (χ0) is 29.2. The summed E-state index contributed by atoms with van der Waals surface area (Å²) in [6.07, 6.45) is 20.5. The Kier molecular flexibility index (Phi) is 13.7. The first kappa shape index (κ1) is 34.0. The van der Waals surface area contributed by atoms with Crippen LogP contribution < -0.4 is 4.74 Å². The Morgan fingerprint density at radius 2 is 1.31 bits per heavy atom. The van der Waals surface area contributed by atoms with Crippen LogP contribution in [0, 0.1) is 43.9 Å². The van der Waals surface area contributed by atoms with Crippen molar-refractivity contribution in [3.8, 4) is 11.5 Å². The monoisotopic (exact) mass is 543 g/mol. The molecule has 2 nitrogen and oxygen atoms in total. The molecule has 1 N–H and O–H groups in total. The quantitative estimate of drug-likeness (QED) is 0.187. The molecule has 2 heteroatoms. The van der Waals surface area contributed by atoms with Crippen LogP contribution in [0.1, 0.15) is 167 Å². The van der Waals surface area contributed by atoms with E-state index in [4.69, 9.17) is 4.74 Å². The van der Waals surface area contributed by atoms with Crippen LogP contribution in [0.3, 0.4) is 0 Å². The molecule has 1 heterocycles. The first-order valence-electron chi connectivity index (χ1n) is 16.9. The molecule has 0 spiro atoms. The van der Waals surface area contributed by atoms with Crippen LogP contribution in [0.2, 0.25) is 0 Å². The van der Waals surface area contributed by atoms with Crippen LogP contribution >= 0.6 is 0 Å². The maximum atomic E-state index is 10.9. The zero-order valence-corrected chi connectivity index (χ0v) is 27.9. The average Bonchev–Trinajstić information content (AvgIpc) is 2.89. The van der Waals surface area contributed by atoms with Crippen molar-refractivity contribution < 1.29 is 9.84 Å². The maximum absolute atomic E-state index is 10.9. The van der Waals surface area contributed by atoms with E-state index >= 15 is 0 Å². The van der Waals surface area contributed by atoms with E-state index in [0.29, 0.717) is 5.75 Å². The van der Waals surface area contributed by atoms with Crippen LogP contribution in [0.25, 0.3) is 0 Å². The Labute approximate surface area is 244 Å². The normalized spacial score (nSPS) is 22.5. The molecule has 0 saturated heterocycles. The number of hydrogen-bond donors (Lipinski definition) is 1. The molecular formula is C37H66O2. The summed E-state index contributed by atoms with van der Waals surface area (Å²) < 4.78 is 7.17.